The van der Waals surface area contributed by atoms with Gasteiger partial charge >= 0.3 is 6.18 Å². The summed E-state index contributed by atoms with van der Waals surface area (Å²) in [6.45, 7) is -0.155. The largest absolute Gasteiger partial charge is 0.421 e. The van der Waals surface area contributed by atoms with Crippen LogP contribution in [0.1, 0.15) is 11.1 Å². The maximum Gasteiger partial charge on any atom is 0.421 e. The van der Waals surface area contributed by atoms with Crippen LogP contribution in [0.5, 0.6) is 0 Å². The van der Waals surface area contributed by atoms with E-state index in [9.17, 15) is 21.6 Å². The molecule has 3 N–H and O–H groups in total. The standard InChI is InChI=1S/C21H20F3N7O2S/c1-31(34(2,32)33)19-14(4-3-8-26-19)11-27-18-16(21(22,23)24)12-28-20(30-18)29-15-5-6-17-13(10-15)7-9-25-17/h3-10,12,25H,11H2,1-2H3,(H2,27,28,29,30). The minimum absolute atomic E-state index is 0.0370. The minimum atomic E-state index is -4.70. The molecule has 0 aliphatic rings. The maximum atomic E-state index is 13.6. The first-order valence-electron chi connectivity index (χ1n) is 9.92. The fourth-order valence-electron chi connectivity index (χ4n) is 3.23. The van der Waals surface area contributed by atoms with Gasteiger partial charge in [-0.05, 0) is 30.3 Å². The molecule has 0 saturated carbocycles. The van der Waals surface area contributed by atoms with E-state index < -0.39 is 27.6 Å². The van der Waals surface area contributed by atoms with E-state index in [0.717, 1.165) is 21.5 Å². The second kappa shape index (κ2) is 8.82. The third-order valence-corrected chi connectivity index (χ3v) is 6.18. The lowest BCUT2D eigenvalue weighted by molar-refractivity contribution is -0.137. The Hall–Kier alpha value is -3.87. The quantitative estimate of drug-likeness (QED) is 0.356. The van der Waals surface area contributed by atoms with Crippen molar-refractivity contribution in [3.63, 3.8) is 0 Å². The van der Waals surface area contributed by atoms with Gasteiger partial charge in [0.1, 0.15) is 17.2 Å². The fraction of sp³-hybridized carbons (Fsp3) is 0.190. The number of benzene rings is 1. The van der Waals surface area contributed by atoms with Crippen molar-refractivity contribution in [3.05, 3.63) is 66.1 Å². The van der Waals surface area contributed by atoms with Crippen molar-refractivity contribution >= 4 is 44.2 Å². The second-order valence-corrected chi connectivity index (χ2v) is 9.44. The van der Waals surface area contributed by atoms with Gasteiger partial charge in [-0.25, -0.2) is 18.4 Å². The molecule has 13 heteroatoms. The van der Waals surface area contributed by atoms with E-state index in [1.54, 1.807) is 24.4 Å². The monoisotopic (exact) mass is 491 g/mol. The van der Waals surface area contributed by atoms with Gasteiger partial charge in [0.25, 0.3) is 0 Å². The first-order chi connectivity index (χ1) is 16.0. The van der Waals surface area contributed by atoms with Crippen LogP contribution in [0, 0.1) is 0 Å². The zero-order valence-electron chi connectivity index (χ0n) is 18.1. The van der Waals surface area contributed by atoms with E-state index in [0.29, 0.717) is 17.4 Å². The lowest BCUT2D eigenvalue weighted by Gasteiger charge is -2.20. The molecular weight excluding hydrogens is 471 g/mol. The maximum absolute atomic E-state index is 13.6. The summed E-state index contributed by atoms with van der Waals surface area (Å²) in [6.07, 6.45) is 0.175. The molecule has 0 bridgehead atoms. The van der Waals surface area contributed by atoms with Crippen molar-refractivity contribution in [2.45, 2.75) is 12.7 Å². The van der Waals surface area contributed by atoms with E-state index in [2.05, 4.69) is 30.6 Å². The van der Waals surface area contributed by atoms with Crippen molar-refractivity contribution in [3.8, 4) is 0 Å². The number of H-pyrrole nitrogens is 1. The SMILES string of the molecule is CN(c1ncccc1CNc1nc(Nc2ccc3[nH]ccc3c2)ncc1C(F)(F)F)S(C)(=O)=O. The van der Waals surface area contributed by atoms with Crippen LogP contribution in [0.2, 0.25) is 0 Å². The summed E-state index contributed by atoms with van der Waals surface area (Å²) in [4.78, 5) is 15.0. The highest BCUT2D eigenvalue weighted by Gasteiger charge is 2.35. The van der Waals surface area contributed by atoms with Gasteiger partial charge in [-0.1, -0.05) is 6.07 Å². The molecule has 178 valence electrons. The van der Waals surface area contributed by atoms with E-state index in [4.69, 9.17) is 0 Å². The number of fused-ring (bicyclic) bond motifs is 1. The number of alkyl halides is 3. The van der Waals surface area contributed by atoms with Crippen LogP contribution in [0.15, 0.2) is 55.0 Å². The van der Waals surface area contributed by atoms with Crippen LogP contribution in [0.3, 0.4) is 0 Å². The molecule has 0 unspecified atom stereocenters. The lowest BCUT2D eigenvalue weighted by Crippen LogP contribution is -2.27. The molecule has 3 aromatic heterocycles. The Morgan fingerprint density at radius 2 is 1.94 bits per heavy atom. The third kappa shape index (κ3) is 5.03. The number of hydrogen-bond donors (Lipinski definition) is 3. The second-order valence-electron chi connectivity index (χ2n) is 7.43. The summed E-state index contributed by atoms with van der Waals surface area (Å²) in [5, 5.41) is 6.48. The average molecular weight is 491 g/mol. The highest BCUT2D eigenvalue weighted by atomic mass is 32.2. The normalized spacial score (nSPS) is 12.0. The molecule has 1 aromatic carbocycles. The first kappa shape index (κ1) is 23.3. The van der Waals surface area contributed by atoms with Gasteiger partial charge in [-0.3, -0.25) is 4.31 Å². The van der Waals surface area contributed by atoms with Gasteiger partial charge in [0, 0.05) is 54.3 Å². The number of rotatable bonds is 7. The first-order valence-corrected chi connectivity index (χ1v) is 11.8. The fourth-order valence-corrected chi connectivity index (χ4v) is 3.71. The van der Waals surface area contributed by atoms with Gasteiger partial charge in [0.05, 0.1) is 6.26 Å². The number of hydrogen-bond acceptors (Lipinski definition) is 7. The van der Waals surface area contributed by atoms with Crippen LogP contribution in [-0.4, -0.2) is 41.7 Å². The summed E-state index contributed by atoms with van der Waals surface area (Å²) in [7, 11) is -2.30. The molecule has 4 rings (SSSR count). The molecular formula is C21H20F3N7O2S. The zero-order chi connectivity index (χ0) is 24.5. The molecule has 0 aliphatic carbocycles. The van der Waals surface area contributed by atoms with Crippen molar-refractivity contribution in [1.29, 1.82) is 0 Å². The van der Waals surface area contributed by atoms with E-state index in [1.165, 1.54) is 13.2 Å². The topological polar surface area (TPSA) is 116 Å². The van der Waals surface area contributed by atoms with Crippen LogP contribution in [-0.2, 0) is 22.7 Å². The Labute approximate surface area is 193 Å². The van der Waals surface area contributed by atoms with Gasteiger partial charge in [-0.15, -0.1) is 0 Å². The van der Waals surface area contributed by atoms with E-state index in [1.807, 2.05) is 18.2 Å². The summed E-state index contributed by atoms with van der Waals surface area (Å²) in [5.74, 6) is -0.396. The number of aromatic nitrogens is 4. The molecule has 9 nitrogen and oxygen atoms in total. The zero-order valence-corrected chi connectivity index (χ0v) is 18.9. The number of nitrogens with one attached hydrogen (secondary N) is 3. The van der Waals surface area contributed by atoms with E-state index >= 15 is 0 Å². The highest BCUT2D eigenvalue weighted by Crippen LogP contribution is 2.34. The molecule has 0 aliphatic heterocycles. The number of nitrogens with zero attached hydrogens (tertiary/aromatic N) is 4. The average Bonchev–Trinajstić information content (AvgIpc) is 3.24. The van der Waals surface area contributed by atoms with Crippen LogP contribution >= 0.6 is 0 Å². The summed E-state index contributed by atoms with van der Waals surface area (Å²) >= 11 is 0. The smallest absolute Gasteiger partial charge is 0.365 e. The Balaban J connectivity index is 1.63. The van der Waals surface area contributed by atoms with Crippen molar-refractivity contribution in [2.75, 3.05) is 28.2 Å². The molecule has 0 saturated heterocycles. The molecule has 34 heavy (non-hydrogen) atoms. The number of halogens is 3. The van der Waals surface area contributed by atoms with Crippen LogP contribution in [0.25, 0.3) is 10.9 Å². The number of pyridine rings is 1. The molecule has 3 heterocycles. The van der Waals surface area contributed by atoms with Gasteiger partial charge in [0.15, 0.2) is 0 Å². The van der Waals surface area contributed by atoms with Gasteiger partial charge in [-0.2, -0.15) is 18.2 Å². The lowest BCUT2D eigenvalue weighted by atomic mass is 10.2. The summed E-state index contributed by atoms with van der Waals surface area (Å²) in [6, 6.07) is 10.4. The van der Waals surface area contributed by atoms with Gasteiger partial charge < -0.3 is 15.6 Å². The Morgan fingerprint density at radius 3 is 2.68 bits per heavy atom. The number of anilines is 4. The van der Waals surface area contributed by atoms with Crippen LogP contribution in [0.4, 0.5) is 36.4 Å². The molecule has 0 atom stereocenters. The Morgan fingerprint density at radius 1 is 1.15 bits per heavy atom. The predicted octanol–water partition coefficient (Wildman–Crippen LogP) is 4.12. The third-order valence-electron chi connectivity index (χ3n) is 5.01. The van der Waals surface area contributed by atoms with Crippen molar-refractivity contribution < 1.29 is 21.6 Å². The number of aromatic amines is 1. The van der Waals surface area contributed by atoms with Crippen LogP contribution < -0.4 is 14.9 Å². The Kier molecular flexibility index (Phi) is 6.04. The summed E-state index contributed by atoms with van der Waals surface area (Å²) < 4.78 is 65.6. The molecule has 0 fully saturated rings. The molecule has 0 radical (unpaired) electrons. The predicted molar refractivity (Wildman–Crippen MR) is 123 cm³/mol. The minimum Gasteiger partial charge on any atom is -0.365 e. The Bertz CT molecular complexity index is 1440. The molecule has 0 spiro atoms. The number of sulfonamides is 1. The summed E-state index contributed by atoms with van der Waals surface area (Å²) in [5.41, 5.74) is 0.824. The van der Waals surface area contributed by atoms with E-state index in [-0.39, 0.29) is 18.3 Å². The van der Waals surface area contributed by atoms with Crippen molar-refractivity contribution in [1.82, 2.24) is 19.9 Å². The van der Waals surface area contributed by atoms with Crippen molar-refractivity contribution in [2.24, 2.45) is 0 Å². The molecule has 0 amide bonds. The van der Waals surface area contributed by atoms with Gasteiger partial charge in [0.2, 0.25) is 16.0 Å². The molecule has 4 aromatic rings. The highest BCUT2D eigenvalue weighted by molar-refractivity contribution is 7.92.